The van der Waals surface area contributed by atoms with Crippen molar-refractivity contribution < 1.29 is 9.90 Å². The van der Waals surface area contributed by atoms with E-state index in [-0.39, 0.29) is 5.56 Å². The monoisotopic (exact) mass is 285 g/mol. The lowest BCUT2D eigenvalue weighted by Gasteiger charge is -2.13. The Kier molecular flexibility index (Phi) is 4.58. The van der Waals surface area contributed by atoms with Gasteiger partial charge in [0.2, 0.25) is 0 Å². The quantitative estimate of drug-likeness (QED) is 0.917. The van der Waals surface area contributed by atoms with Crippen molar-refractivity contribution in [1.82, 2.24) is 4.57 Å². The van der Waals surface area contributed by atoms with Gasteiger partial charge in [-0.05, 0) is 36.1 Å². The smallest absolute Gasteiger partial charge is 0.341 e. The number of carboxylic acid groups (broad SMARTS) is 1. The molecule has 21 heavy (non-hydrogen) atoms. The van der Waals surface area contributed by atoms with Gasteiger partial charge in [0, 0.05) is 6.54 Å². The average Bonchev–Trinajstić information content (AvgIpc) is 2.49. The molecule has 0 radical (unpaired) electrons. The Morgan fingerprint density at radius 3 is 2.29 bits per heavy atom. The topological polar surface area (TPSA) is 59.3 Å². The molecule has 1 aromatic carbocycles. The third-order valence-corrected chi connectivity index (χ3v) is 3.51. The van der Waals surface area contributed by atoms with E-state index < -0.39 is 11.5 Å². The number of aromatic carboxylic acids is 1. The lowest BCUT2D eigenvalue weighted by atomic mass is 10.1. The lowest BCUT2D eigenvalue weighted by Crippen LogP contribution is -2.27. The van der Waals surface area contributed by atoms with Gasteiger partial charge in [0.25, 0.3) is 5.56 Å². The first-order valence-corrected chi connectivity index (χ1v) is 7.15. The Morgan fingerprint density at radius 2 is 1.76 bits per heavy atom. The van der Waals surface area contributed by atoms with Crippen LogP contribution in [0.25, 0.3) is 11.3 Å². The predicted molar refractivity (Wildman–Crippen MR) is 82.8 cm³/mol. The van der Waals surface area contributed by atoms with Crippen molar-refractivity contribution in [2.75, 3.05) is 0 Å². The summed E-state index contributed by atoms with van der Waals surface area (Å²) in [4.78, 5) is 23.4. The van der Waals surface area contributed by atoms with Gasteiger partial charge in [0.1, 0.15) is 5.56 Å². The summed E-state index contributed by atoms with van der Waals surface area (Å²) in [6.45, 7) is 4.55. The van der Waals surface area contributed by atoms with Gasteiger partial charge in [0.15, 0.2) is 0 Å². The number of carboxylic acids is 1. The fourth-order valence-electron chi connectivity index (χ4n) is 2.35. The molecule has 0 saturated heterocycles. The van der Waals surface area contributed by atoms with E-state index in [0.717, 1.165) is 24.1 Å². The maximum Gasteiger partial charge on any atom is 0.341 e. The molecule has 1 heterocycles. The summed E-state index contributed by atoms with van der Waals surface area (Å²) < 4.78 is 1.55. The van der Waals surface area contributed by atoms with Gasteiger partial charge in [-0.2, -0.15) is 0 Å². The highest BCUT2D eigenvalue weighted by Gasteiger charge is 2.14. The summed E-state index contributed by atoms with van der Waals surface area (Å²) in [5.41, 5.74) is 2.29. The van der Waals surface area contributed by atoms with Gasteiger partial charge in [-0.3, -0.25) is 4.79 Å². The minimum Gasteiger partial charge on any atom is -0.477 e. The summed E-state index contributed by atoms with van der Waals surface area (Å²) in [5.74, 6) is -1.18. The number of pyridine rings is 1. The fraction of sp³-hybridized carbons (Fsp3) is 0.294. The summed E-state index contributed by atoms with van der Waals surface area (Å²) in [6, 6.07) is 11.1. The summed E-state index contributed by atoms with van der Waals surface area (Å²) >= 11 is 0. The Morgan fingerprint density at radius 1 is 1.10 bits per heavy atom. The molecule has 0 amide bonds. The van der Waals surface area contributed by atoms with Gasteiger partial charge in [0.05, 0.1) is 5.69 Å². The number of nitrogens with zero attached hydrogens (tertiary/aromatic N) is 1. The number of aromatic nitrogens is 1. The van der Waals surface area contributed by atoms with Crippen LogP contribution in [-0.4, -0.2) is 15.6 Å². The van der Waals surface area contributed by atoms with Crippen LogP contribution >= 0.6 is 0 Å². The number of benzene rings is 1. The van der Waals surface area contributed by atoms with Crippen molar-refractivity contribution in [3.05, 3.63) is 57.9 Å². The van der Waals surface area contributed by atoms with E-state index in [4.69, 9.17) is 5.11 Å². The van der Waals surface area contributed by atoms with Crippen LogP contribution in [0.15, 0.2) is 41.2 Å². The molecule has 0 atom stereocenters. The van der Waals surface area contributed by atoms with Crippen LogP contribution in [0.1, 0.15) is 36.2 Å². The van der Waals surface area contributed by atoms with Crippen molar-refractivity contribution in [2.45, 2.75) is 33.2 Å². The molecule has 4 heteroatoms. The van der Waals surface area contributed by atoms with Gasteiger partial charge >= 0.3 is 5.97 Å². The molecular formula is C17H19NO3. The van der Waals surface area contributed by atoms with Crippen molar-refractivity contribution in [1.29, 1.82) is 0 Å². The van der Waals surface area contributed by atoms with Crippen LogP contribution in [-0.2, 0) is 13.0 Å². The van der Waals surface area contributed by atoms with Crippen LogP contribution < -0.4 is 5.56 Å². The molecule has 0 aliphatic heterocycles. The second-order valence-corrected chi connectivity index (χ2v) is 4.94. The molecule has 2 aromatic rings. The highest BCUT2D eigenvalue weighted by Crippen LogP contribution is 2.20. The lowest BCUT2D eigenvalue weighted by molar-refractivity contribution is 0.0694. The Balaban J connectivity index is 2.59. The van der Waals surface area contributed by atoms with E-state index in [0.29, 0.717) is 6.54 Å². The number of hydrogen-bond donors (Lipinski definition) is 1. The molecule has 0 aliphatic carbocycles. The molecule has 0 aliphatic rings. The number of hydrogen-bond acceptors (Lipinski definition) is 2. The van der Waals surface area contributed by atoms with Gasteiger partial charge in [-0.1, -0.05) is 38.1 Å². The first-order chi connectivity index (χ1) is 10.1. The zero-order valence-corrected chi connectivity index (χ0v) is 12.3. The predicted octanol–water partition coefficient (Wildman–Crippen LogP) is 3.19. The van der Waals surface area contributed by atoms with E-state index in [9.17, 15) is 9.59 Å². The maximum absolute atomic E-state index is 12.3. The molecule has 2 rings (SSSR count). The Bertz CT molecular complexity index is 699. The van der Waals surface area contributed by atoms with Crippen LogP contribution in [0.2, 0.25) is 0 Å². The minimum atomic E-state index is -1.18. The summed E-state index contributed by atoms with van der Waals surface area (Å²) in [7, 11) is 0. The first-order valence-electron chi connectivity index (χ1n) is 7.15. The second-order valence-electron chi connectivity index (χ2n) is 4.94. The molecule has 1 aromatic heterocycles. The van der Waals surface area contributed by atoms with Crippen LogP contribution in [0, 0.1) is 0 Å². The summed E-state index contributed by atoms with van der Waals surface area (Å²) in [5, 5.41) is 9.07. The minimum absolute atomic E-state index is 0.183. The SMILES string of the molecule is CCCn1c(-c2ccc(CC)cc2)ccc(C(=O)O)c1=O. The number of carbonyl (C=O) groups is 1. The van der Waals surface area contributed by atoms with E-state index in [1.54, 1.807) is 10.6 Å². The van der Waals surface area contributed by atoms with Crippen molar-refractivity contribution in [3.63, 3.8) is 0 Å². The third-order valence-electron chi connectivity index (χ3n) is 3.51. The molecule has 1 N–H and O–H groups in total. The molecule has 0 fully saturated rings. The van der Waals surface area contributed by atoms with Crippen LogP contribution in [0.3, 0.4) is 0 Å². The molecule has 0 bridgehead atoms. The van der Waals surface area contributed by atoms with Crippen molar-refractivity contribution in [2.24, 2.45) is 0 Å². The molecule has 0 spiro atoms. The van der Waals surface area contributed by atoms with Crippen LogP contribution in [0.5, 0.6) is 0 Å². The normalized spacial score (nSPS) is 10.6. The van der Waals surface area contributed by atoms with Gasteiger partial charge in [-0.25, -0.2) is 4.79 Å². The Hall–Kier alpha value is -2.36. The van der Waals surface area contributed by atoms with Gasteiger partial charge < -0.3 is 9.67 Å². The van der Waals surface area contributed by atoms with Crippen molar-refractivity contribution in [3.8, 4) is 11.3 Å². The van der Waals surface area contributed by atoms with E-state index in [1.165, 1.54) is 11.6 Å². The molecule has 0 saturated carbocycles. The Labute approximate surface area is 123 Å². The molecule has 0 unspecified atom stereocenters. The third kappa shape index (κ3) is 3.05. The highest BCUT2D eigenvalue weighted by molar-refractivity contribution is 5.87. The van der Waals surface area contributed by atoms with E-state index >= 15 is 0 Å². The van der Waals surface area contributed by atoms with E-state index in [2.05, 4.69) is 6.92 Å². The molecule has 110 valence electrons. The number of aryl methyl sites for hydroxylation is 1. The highest BCUT2D eigenvalue weighted by atomic mass is 16.4. The summed E-state index contributed by atoms with van der Waals surface area (Å²) in [6.07, 6.45) is 1.73. The maximum atomic E-state index is 12.3. The standard InChI is InChI=1S/C17H19NO3/c1-3-11-18-15(10-9-14(16(18)19)17(20)21)13-7-5-12(4-2)6-8-13/h5-10H,3-4,11H2,1-2H3,(H,20,21). The average molecular weight is 285 g/mol. The number of rotatable bonds is 5. The largest absolute Gasteiger partial charge is 0.477 e. The zero-order chi connectivity index (χ0) is 15.4. The van der Waals surface area contributed by atoms with E-state index in [1.807, 2.05) is 31.2 Å². The van der Waals surface area contributed by atoms with Crippen molar-refractivity contribution >= 4 is 5.97 Å². The second kappa shape index (κ2) is 6.39. The zero-order valence-electron chi connectivity index (χ0n) is 12.3. The fourth-order valence-corrected chi connectivity index (χ4v) is 2.35. The molecular weight excluding hydrogens is 266 g/mol. The van der Waals surface area contributed by atoms with Crippen LogP contribution in [0.4, 0.5) is 0 Å². The first kappa shape index (κ1) is 15.0. The molecule has 4 nitrogen and oxygen atoms in total. The van der Waals surface area contributed by atoms with Gasteiger partial charge in [-0.15, -0.1) is 0 Å².